The van der Waals surface area contributed by atoms with E-state index < -0.39 is 0 Å². The third-order valence-corrected chi connectivity index (χ3v) is 4.88. The number of carbonyl (C=O) groups excluding carboxylic acids is 1. The maximum atomic E-state index is 13.1. The summed E-state index contributed by atoms with van der Waals surface area (Å²) in [5.41, 5.74) is 3.71. The van der Waals surface area contributed by atoms with Crippen molar-refractivity contribution in [2.24, 2.45) is 0 Å². The van der Waals surface area contributed by atoms with Crippen molar-refractivity contribution >= 4 is 17.5 Å². The largest absolute Gasteiger partial charge is 0.345 e. The van der Waals surface area contributed by atoms with Crippen LogP contribution in [0.5, 0.6) is 0 Å². The van der Waals surface area contributed by atoms with E-state index in [9.17, 15) is 4.79 Å². The fourth-order valence-corrected chi connectivity index (χ4v) is 3.20. The number of pyridine rings is 1. The summed E-state index contributed by atoms with van der Waals surface area (Å²) in [6.07, 6.45) is 5.15. The Morgan fingerprint density at radius 2 is 1.79 bits per heavy atom. The van der Waals surface area contributed by atoms with E-state index >= 15 is 0 Å². The Balaban J connectivity index is 1.68. The van der Waals surface area contributed by atoms with Crippen LogP contribution in [-0.4, -0.2) is 20.7 Å². The molecule has 4 rings (SSSR count). The molecule has 1 unspecified atom stereocenters. The Morgan fingerprint density at radius 3 is 2.48 bits per heavy atom. The van der Waals surface area contributed by atoms with Crippen molar-refractivity contribution in [2.75, 3.05) is 0 Å². The number of aromatic nitrogens is 3. The summed E-state index contributed by atoms with van der Waals surface area (Å²) in [5, 5.41) is 8.38. The SMILES string of the molecule is CC(NC(=O)c1cn(-c2ccccc2)nc1-c1cccnc1)c1ccc(Cl)cc1. The summed E-state index contributed by atoms with van der Waals surface area (Å²) in [6.45, 7) is 1.94. The number of halogens is 1. The van der Waals surface area contributed by atoms with Crippen LogP contribution < -0.4 is 5.32 Å². The smallest absolute Gasteiger partial charge is 0.255 e. The van der Waals surface area contributed by atoms with Gasteiger partial charge >= 0.3 is 0 Å². The quantitative estimate of drug-likeness (QED) is 0.506. The van der Waals surface area contributed by atoms with E-state index in [1.165, 1.54) is 0 Å². The molecular formula is C23H19ClN4O. The summed E-state index contributed by atoms with van der Waals surface area (Å²) in [7, 11) is 0. The van der Waals surface area contributed by atoms with Gasteiger partial charge in [0.05, 0.1) is 17.3 Å². The zero-order valence-electron chi connectivity index (χ0n) is 15.8. The number of rotatable bonds is 5. The zero-order valence-corrected chi connectivity index (χ0v) is 16.5. The van der Waals surface area contributed by atoms with Crippen molar-refractivity contribution in [3.63, 3.8) is 0 Å². The minimum absolute atomic E-state index is 0.179. The fraction of sp³-hybridized carbons (Fsp3) is 0.0870. The van der Waals surface area contributed by atoms with Gasteiger partial charge in [0.15, 0.2) is 0 Å². The zero-order chi connectivity index (χ0) is 20.2. The highest BCUT2D eigenvalue weighted by atomic mass is 35.5. The minimum Gasteiger partial charge on any atom is -0.345 e. The molecule has 6 heteroatoms. The highest BCUT2D eigenvalue weighted by Crippen LogP contribution is 2.24. The van der Waals surface area contributed by atoms with Crippen LogP contribution in [0.3, 0.4) is 0 Å². The molecule has 0 spiro atoms. The second kappa shape index (κ2) is 8.29. The molecule has 0 fully saturated rings. The van der Waals surface area contributed by atoms with Crippen LogP contribution in [0.2, 0.25) is 5.02 Å². The fourth-order valence-electron chi connectivity index (χ4n) is 3.08. The molecule has 0 radical (unpaired) electrons. The van der Waals surface area contributed by atoms with Crippen LogP contribution in [0.15, 0.2) is 85.3 Å². The van der Waals surface area contributed by atoms with Crippen molar-refractivity contribution in [2.45, 2.75) is 13.0 Å². The maximum Gasteiger partial charge on any atom is 0.255 e. The molecule has 0 saturated heterocycles. The molecule has 0 bridgehead atoms. The number of amides is 1. The van der Waals surface area contributed by atoms with Gasteiger partial charge in [-0.15, -0.1) is 0 Å². The number of nitrogens with zero attached hydrogens (tertiary/aromatic N) is 3. The Labute approximate surface area is 174 Å². The summed E-state index contributed by atoms with van der Waals surface area (Å²) < 4.78 is 1.71. The molecule has 0 aliphatic carbocycles. The molecule has 1 atom stereocenters. The van der Waals surface area contributed by atoms with E-state index in [1.807, 2.05) is 73.7 Å². The first-order valence-corrected chi connectivity index (χ1v) is 9.61. The molecule has 4 aromatic rings. The minimum atomic E-state index is -0.200. The average Bonchev–Trinajstić information content (AvgIpc) is 3.21. The number of hydrogen-bond donors (Lipinski definition) is 1. The molecule has 5 nitrogen and oxygen atoms in total. The molecule has 1 amide bonds. The van der Waals surface area contributed by atoms with E-state index in [0.29, 0.717) is 16.3 Å². The van der Waals surface area contributed by atoms with Gasteiger partial charge in [-0.25, -0.2) is 4.68 Å². The highest BCUT2D eigenvalue weighted by molar-refractivity contribution is 6.30. The van der Waals surface area contributed by atoms with Crippen LogP contribution in [0, 0.1) is 0 Å². The summed E-state index contributed by atoms with van der Waals surface area (Å²) >= 11 is 5.96. The van der Waals surface area contributed by atoms with Crippen molar-refractivity contribution in [3.8, 4) is 16.9 Å². The van der Waals surface area contributed by atoms with Crippen LogP contribution in [0.25, 0.3) is 16.9 Å². The van der Waals surface area contributed by atoms with Gasteiger partial charge in [0, 0.05) is 29.2 Å². The van der Waals surface area contributed by atoms with E-state index in [2.05, 4.69) is 15.4 Å². The van der Waals surface area contributed by atoms with Gasteiger partial charge in [0.1, 0.15) is 5.69 Å². The number of nitrogens with one attached hydrogen (secondary N) is 1. The first-order valence-electron chi connectivity index (χ1n) is 9.23. The lowest BCUT2D eigenvalue weighted by Crippen LogP contribution is -2.26. The molecule has 2 aromatic heterocycles. The second-order valence-electron chi connectivity index (χ2n) is 6.66. The Kier molecular flexibility index (Phi) is 5.40. The van der Waals surface area contributed by atoms with E-state index in [0.717, 1.165) is 16.8 Å². The normalized spacial score (nSPS) is 11.8. The third kappa shape index (κ3) is 4.20. The lowest BCUT2D eigenvalue weighted by molar-refractivity contribution is 0.0940. The lowest BCUT2D eigenvalue weighted by atomic mass is 10.1. The first kappa shape index (κ1) is 18.9. The van der Waals surface area contributed by atoms with E-state index in [1.54, 1.807) is 23.3 Å². The first-order chi connectivity index (χ1) is 14.1. The van der Waals surface area contributed by atoms with Gasteiger partial charge < -0.3 is 5.32 Å². The van der Waals surface area contributed by atoms with Gasteiger partial charge in [-0.3, -0.25) is 9.78 Å². The second-order valence-corrected chi connectivity index (χ2v) is 7.10. The maximum absolute atomic E-state index is 13.1. The van der Waals surface area contributed by atoms with Gasteiger partial charge in [0.25, 0.3) is 5.91 Å². The highest BCUT2D eigenvalue weighted by Gasteiger charge is 2.20. The molecule has 0 aliphatic rings. The molecule has 144 valence electrons. The predicted octanol–water partition coefficient (Wildman–Crippen LogP) is 5.08. The van der Waals surface area contributed by atoms with Crippen molar-refractivity contribution in [1.82, 2.24) is 20.1 Å². The van der Waals surface area contributed by atoms with Crippen molar-refractivity contribution in [1.29, 1.82) is 0 Å². The Bertz CT molecular complexity index is 1110. The lowest BCUT2D eigenvalue weighted by Gasteiger charge is -2.14. The topological polar surface area (TPSA) is 59.8 Å². The van der Waals surface area contributed by atoms with E-state index in [-0.39, 0.29) is 11.9 Å². The molecule has 0 aliphatic heterocycles. The van der Waals surface area contributed by atoms with Gasteiger partial charge in [0.2, 0.25) is 0 Å². The van der Waals surface area contributed by atoms with Gasteiger partial charge in [-0.05, 0) is 48.9 Å². The van der Waals surface area contributed by atoms with Crippen molar-refractivity contribution in [3.05, 3.63) is 101 Å². The van der Waals surface area contributed by atoms with Gasteiger partial charge in [-0.1, -0.05) is 41.9 Å². The summed E-state index contributed by atoms with van der Waals surface area (Å²) in [4.78, 5) is 17.3. The molecular weight excluding hydrogens is 384 g/mol. The van der Waals surface area contributed by atoms with Crippen molar-refractivity contribution < 1.29 is 4.79 Å². The molecule has 1 N–H and O–H groups in total. The summed E-state index contributed by atoms with van der Waals surface area (Å²) in [5.74, 6) is -0.200. The van der Waals surface area contributed by atoms with Crippen LogP contribution in [-0.2, 0) is 0 Å². The number of carbonyl (C=O) groups is 1. The molecule has 29 heavy (non-hydrogen) atoms. The number of para-hydroxylation sites is 1. The van der Waals surface area contributed by atoms with Crippen LogP contribution in [0.4, 0.5) is 0 Å². The van der Waals surface area contributed by atoms with Crippen LogP contribution in [0.1, 0.15) is 28.9 Å². The van der Waals surface area contributed by atoms with Crippen LogP contribution >= 0.6 is 11.6 Å². The van der Waals surface area contributed by atoms with E-state index in [4.69, 9.17) is 11.6 Å². The average molecular weight is 403 g/mol. The molecule has 2 aromatic carbocycles. The summed E-state index contributed by atoms with van der Waals surface area (Å²) in [6, 6.07) is 20.7. The number of hydrogen-bond acceptors (Lipinski definition) is 3. The standard InChI is InChI=1S/C23H19ClN4O/c1-16(17-9-11-19(24)12-10-17)26-23(29)21-15-28(20-7-3-2-4-8-20)27-22(21)18-6-5-13-25-14-18/h2-16H,1H3,(H,26,29). The third-order valence-electron chi connectivity index (χ3n) is 4.63. The van der Waals surface area contributed by atoms with Gasteiger partial charge in [-0.2, -0.15) is 5.10 Å². The number of benzene rings is 2. The molecule has 2 heterocycles. The monoisotopic (exact) mass is 402 g/mol. The molecule has 0 saturated carbocycles. The Hall–Kier alpha value is -3.44. The Morgan fingerprint density at radius 1 is 1.03 bits per heavy atom. The predicted molar refractivity (Wildman–Crippen MR) is 114 cm³/mol.